The average molecular weight is 467 g/mol. The number of Topliss-reactive ketones (excluding diaryl/α,β-unsaturated/α-hetero) is 1. The van der Waals surface area contributed by atoms with E-state index in [1.807, 2.05) is 6.92 Å². The predicted molar refractivity (Wildman–Crippen MR) is 113 cm³/mol. The Bertz CT molecular complexity index is 930. The normalized spacial score (nSPS) is 23.7. The Labute approximate surface area is 189 Å². The molecule has 2 fully saturated rings. The molecule has 10 heteroatoms. The van der Waals surface area contributed by atoms with E-state index < -0.39 is 35.9 Å². The number of aryl methyl sites for hydroxylation is 1. The minimum absolute atomic E-state index is 0.0191. The maximum absolute atomic E-state index is 14.4. The van der Waals surface area contributed by atoms with Crippen LogP contribution >= 0.6 is 0 Å². The highest BCUT2D eigenvalue weighted by Crippen LogP contribution is 2.27. The van der Waals surface area contributed by atoms with E-state index in [1.165, 1.54) is 0 Å². The summed E-state index contributed by atoms with van der Waals surface area (Å²) in [6.45, 7) is 1.48. The van der Waals surface area contributed by atoms with Gasteiger partial charge in [-0.2, -0.15) is 8.78 Å². The van der Waals surface area contributed by atoms with Crippen molar-refractivity contribution in [2.24, 2.45) is 5.92 Å². The van der Waals surface area contributed by atoms with Gasteiger partial charge in [-0.3, -0.25) is 24.5 Å². The molecule has 3 atom stereocenters. The fraction of sp³-hybridized carbons (Fsp3) is 0.565. The molecule has 0 aliphatic carbocycles. The van der Waals surface area contributed by atoms with E-state index in [2.05, 4.69) is 16.0 Å². The summed E-state index contributed by atoms with van der Waals surface area (Å²) in [7, 11) is 0. The van der Waals surface area contributed by atoms with Crippen LogP contribution in [-0.4, -0.2) is 48.2 Å². The molecule has 1 aromatic rings. The summed E-state index contributed by atoms with van der Waals surface area (Å²) in [5, 5.41) is 6.86. The van der Waals surface area contributed by atoms with Gasteiger partial charge < -0.3 is 10.6 Å². The van der Waals surface area contributed by atoms with Gasteiger partial charge in [0.05, 0.1) is 6.04 Å². The van der Waals surface area contributed by atoms with Gasteiger partial charge in [-0.1, -0.05) is 25.1 Å². The van der Waals surface area contributed by atoms with Crippen molar-refractivity contribution in [3.05, 3.63) is 34.9 Å². The van der Waals surface area contributed by atoms with E-state index in [0.29, 0.717) is 29.5 Å². The summed E-state index contributed by atoms with van der Waals surface area (Å²) < 4.78 is 42.0. The van der Waals surface area contributed by atoms with Crippen molar-refractivity contribution in [2.45, 2.75) is 70.1 Å². The topological polar surface area (TPSA) is 104 Å². The van der Waals surface area contributed by atoms with Crippen LogP contribution in [0.2, 0.25) is 0 Å². The number of carbonyl (C=O) groups is 4. The number of rotatable bonds is 8. The number of nitrogens with one attached hydrogen (secondary N) is 3. The van der Waals surface area contributed by atoms with Gasteiger partial charge in [0.2, 0.25) is 11.8 Å². The second kappa shape index (κ2) is 10.5. The monoisotopic (exact) mass is 467 g/mol. The highest BCUT2D eigenvalue weighted by atomic mass is 19.3. The van der Waals surface area contributed by atoms with E-state index in [-0.39, 0.29) is 50.5 Å². The smallest absolute Gasteiger partial charge is 0.339 e. The molecule has 2 aliphatic heterocycles. The van der Waals surface area contributed by atoms with Crippen molar-refractivity contribution in [3.8, 4) is 0 Å². The van der Waals surface area contributed by atoms with Gasteiger partial charge in [0.15, 0.2) is 5.78 Å². The van der Waals surface area contributed by atoms with Gasteiger partial charge in [0, 0.05) is 37.4 Å². The third kappa shape index (κ3) is 5.98. The molecule has 180 valence electrons. The molecule has 0 aromatic heterocycles. The van der Waals surface area contributed by atoms with Gasteiger partial charge in [0.1, 0.15) is 6.17 Å². The summed E-state index contributed by atoms with van der Waals surface area (Å²) in [6.07, 6.45) is -0.368. The number of carbonyl (C=O) groups excluding carboxylic acids is 4. The molecule has 3 amide bonds. The summed E-state index contributed by atoms with van der Waals surface area (Å²) in [5.74, 6) is -6.72. The minimum atomic E-state index is -3.68. The van der Waals surface area contributed by atoms with Crippen LogP contribution in [0.3, 0.4) is 0 Å². The SMILES string of the molecule is CCc1cc(CNC(=O)C(F)(F)C2CCC(F)CN2)ccc1C(=O)CC1CCC(=O)NC1=O. The zero-order chi connectivity index (χ0) is 24.2. The van der Waals surface area contributed by atoms with Gasteiger partial charge >= 0.3 is 5.92 Å². The maximum Gasteiger partial charge on any atom is 0.339 e. The van der Waals surface area contributed by atoms with E-state index in [0.717, 1.165) is 0 Å². The predicted octanol–water partition coefficient (Wildman–Crippen LogP) is 2.22. The molecule has 0 spiro atoms. The molecule has 3 N–H and O–H groups in total. The van der Waals surface area contributed by atoms with Crippen LogP contribution < -0.4 is 16.0 Å². The molecule has 3 rings (SSSR count). The van der Waals surface area contributed by atoms with Crippen LogP contribution in [0.25, 0.3) is 0 Å². The zero-order valence-electron chi connectivity index (χ0n) is 18.4. The number of alkyl halides is 3. The van der Waals surface area contributed by atoms with Crippen molar-refractivity contribution in [1.82, 2.24) is 16.0 Å². The van der Waals surface area contributed by atoms with Crippen molar-refractivity contribution in [1.29, 1.82) is 0 Å². The number of amides is 3. The fourth-order valence-electron chi connectivity index (χ4n) is 4.18. The number of hydrogen-bond acceptors (Lipinski definition) is 5. The highest BCUT2D eigenvalue weighted by molar-refractivity contribution is 6.03. The highest BCUT2D eigenvalue weighted by Gasteiger charge is 2.48. The van der Waals surface area contributed by atoms with Crippen LogP contribution in [0.4, 0.5) is 13.2 Å². The third-order valence-corrected chi connectivity index (χ3v) is 6.18. The largest absolute Gasteiger partial charge is 0.347 e. The second-order valence-corrected chi connectivity index (χ2v) is 8.56. The minimum Gasteiger partial charge on any atom is -0.347 e. The number of ketones is 1. The van der Waals surface area contributed by atoms with Crippen molar-refractivity contribution < 1.29 is 32.3 Å². The fourth-order valence-corrected chi connectivity index (χ4v) is 4.18. The zero-order valence-corrected chi connectivity index (χ0v) is 18.4. The van der Waals surface area contributed by atoms with Gasteiger partial charge in [-0.15, -0.1) is 0 Å². The lowest BCUT2D eigenvalue weighted by molar-refractivity contribution is -0.151. The van der Waals surface area contributed by atoms with E-state index >= 15 is 0 Å². The number of piperidine rings is 2. The quantitative estimate of drug-likeness (QED) is 0.402. The third-order valence-electron chi connectivity index (χ3n) is 6.18. The Morgan fingerprint density at radius 2 is 1.94 bits per heavy atom. The summed E-state index contributed by atoms with van der Waals surface area (Å²) in [4.78, 5) is 48.1. The average Bonchev–Trinajstić information content (AvgIpc) is 2.79. The molecule has 2 aliphatic rings. The maximum atomic E-state index is 14.4. The van der Waals surface area contributed by atoms with Crippen LogP contribution in [0.1, 0.15) is 60.5 Å². The lowest BCUT2D eigenvalue weighted by Crippen LogP contribution is -2.57. The molecule has 2 heterocycles. The molecule has 7 nitrogen and oxygen atoms in total. The van der Waals surface area contributed by atoms with Gasteiger partial charge in [-0.05, 0) is 36.8 Å². The molecule has 0 bridgehead atoms. The first kappa shape index (κ1) is 24.9. The van der Waals surface area contributed by atoms with Crippen LogP contribution in [0.5, 0.6) is 0 Å². The standard InChI is InChI=1S/C23H28F3N3O4/c1-2-14-9-13(11-28-22(33)23(25,26)19-7-5-16(24)12-27-19)3-6-17(14)18(30)10-15-4-8-20(31)29-21(15)32/h3,6,9,15-16,19,27H,2,4-5,7-8,10-12H2,1H3,(H,28,33)(H,29,31,32). The van der Waals surface area contributed by atoms with E-state index in [9.17, 15) is 32.3 Å². The Balaban J connectivity index is 1.61. The Morgan fingerprint density at radius 1 is 1.18 bits per heavy atom. The van der Waals surface area contributed by atoms with Crippen LogP contribution in [-0.2, 0) is 27.3 Å². The molecular weight excluding hydrogens is 439 g/mol. The molecule has 1 aromatic carbocycles. The number of hydrogen-bond donors (Lipinski definition) is 3. The van der Waals surface area contributed by atoms with E-state index in [1.54, 1.807) is 18.2 Å². The van der Waals surface area contributed by atoms with Crippen LogP contribution in [0, 0.1) is 5.92 Å². The summed E-state index contributed by atoms with van der Waals surface area (Å²) >= 11 is 0. The molecule has 3 unspecified atom stereocenters. The summed E-state index contributed by atoms with van der Waals surface area (Å²) in [6, 6.07) is 3.39. The van der Waals surface area contributed by atoms with Crippen molar-refractivity contribution in [3.63, 3.8) is 0 Å². The molecule has 33 heavy (non-hydrogen) atoms. The lowest BCUT2D eigenvalue weighted by atomic mass is 9.88. The van der Waals surface area contributed by atoms with Crippen LogP contribution in [0.15, 0.2) is 18.2 Å². The van der Waals surface area contributed by atoms with Gasteiger partial charge in [0.25, 0.3) is 5.91 Å². The van der Waals surface area contributed by atoms with Crippen molar-refractivity contribution in [2.75, 3.05) is 6.54 Å². The number of halogens is 3. The first-order valence-corrected chi connectivity index (χ1v) is 11.1. The number of benzene rings is 1. The number of imide groups is 1. The Hall–Kier alpha value is -2.75. The first-order chi connectivity index (χ1) is 15.6. The second-order valence-electron chi connectivity index (χ2n) is 8.56. The first-order valence-electron chi connectivity index (χ1n) is 11.1. The molecule has 0 radical (unpaired) electrons. The molecular formula is C23H28F3N3O4. The molecule has 2 saturated heterocycles. The van der Waals surface area contributed by atoms with E-state index in [4.69, 9.17) is 0 Å². The Morgan fingerprint density at radius 3 is 2.58 bits per heavy atom. The van der Waals surface area contributed by atoms with Gasteiger partial charge in [-0.25, -0.2) is 4.39 Å². The Kier molecular flexibility index (Phi) is 7.88. The van der Waals surface area contributed by atoms with Crippen molar-refractivity contribution >= 4 is 23.5 Å². The molecule has 0 saturated carbocycles. The lowest BCUT2D eigenvalue weighted by Gasteiger charge is -2.31. The summed E-state index contributed by atoms with van der Waals surface area (Å²) in [5.41, 5.74) is 1.65.